The number of unbranched alkanes of at least 4 members (excludes halogenated alkanes) is 2. The summed E-state index contributed by atoms with van der Waals surface area (Å²) in [4.78, 5) is 29.7. The Morgan fingerprint density at radius 1 is 1.12 bits per heavy atom. The average Bonchev–Trinajstić information content (AvgIpc) is 3.57. The maximum atomic E-state index is 12.6. The van der Waals surface area contributed by atoms with Crippen molar-refractivity contribution in [3.63, 3.8) is 0 Å². The molecular weight excluding hydrogens is 490 g/mol. The van der Waals surface area contributed by atoms with Gasteiger partial charge in [0.1, 0.15) is 11.4 Å². The van der Waals surface area contributed by atoms with Crippen LogP contribution < -0.4 is 10.1 Å². The van der Waals surface area contributed by atoms with Gasteiger partial charge < -0.3 is 4.74 Å². The number of para-hydroxylation sites is 1. The second kappa shape index (κ2) is 11.1. The number of thiophene rings is 2. The SMILES string of the molecule is CCCCC#Cc1ccc(-c2nc(NC(=O)c3ccc([N+](=O)[O-])s3)sc2Oc2ccccc2)s1. The smallest absolute Gasteiger partial charge is 0.324 e. The van der Waals surface area contributed by atoms with Gasteiger partial charge in [-0.15, -0.1) is 11.3 Å². The molecule has 0 saturated carbocycles. The van der Waals surface area contributed by atoms with Gasteiger partial charge in [0, 0.05) is 12.5 Å². The molecule has 0 aliphatic rings. The fourth-order valence-electron chi connectivity index (χ4n) is 2.83. The van der Waals surface area contributed by atoms with Crippen LogP contribution in [0.4, 0.5) is 10.1 Å². The summed E-state index contributed by atoms with van der Waals surface area (Å²) >= 11 is 3.52. The highest BCUT2D eigenvalue weighted by atomic mass is 32.1. The molecule has 1 amide bonds. The van der Waals surface area contributed by atoms with Crippen molar-refractivity contribution in [2.24, 2.45) is 0 Å². The lowest BCUT2D eigenvalue weighted by atomic mass is 10.2. The molecular formula is C24H19N3O4S3. The summed E-state index contributed by atoms with van der Waals surface area (Å²) < 4.78 is 6.08. The summed E-state index contributed by atoms with van der Waals surface area (Å²) in [7, 11) is 0. The Morgan fingerprint density at radius 3 is 2.68 bits per heavy atom. The van der Waals surface area contributed by atoms with Crippen LogP contribution in [0.2, 0.25) is 0 Å². The zero-order valence-electron chi connectivity index (χ0n) is 18.1. The number of carbonyl (C=O) groups is 1. The lowest BCUT2D eigenvalue weighted by Gasteiger charge is -2.03. The van der Waals surface area contributed by atoms with Crippen molar-refractivity contribution in [3.05, 3.63) is 74.5 Å². The minimum atomic E-state index is -0.520. The van der Waals surface area contributed by atoms with Crippen molar-refractivity contribution in [1.82, 2.24) is 4.98 Å². The van der Waals surface area contributed by atoms with Crippen LogP contribution in [-0.4, -0.2) is 15.8 Å². The molecule has 10 heteroatoms. The summed E-state index contributed by atoms with van der Waals surface area (Å²) in [6.07, 6.45) is 3.04. The van der Waals surface area contributed by atoms with Crippen molar-refractivity contribution in [1.29, 1.82) is 0 Å². The molecule has 1 aromatic carbocycles. The molecule has 0 atom stereocenters. The van der Waals surface area contributed by atoms with Gasteiger partial charge in [-0.3, -0.25) is 20.2 Å². The van der Waals surface area contributed by atoms with Gasteiger partial charge >= 0.3 is 5.00 Å². The van der Waals surface area contributed by atoms with E-state index in [-0.39, 0.29) is 9.88 Å². The molecule has 0 aliphatic carbocycles. The van der Waals surface area contributed by atoms with E-state index in [1.54, 1.807) is 0 Å². The fraction of sp³-hybridized carbons (Fsp3) is 0.167. The number of rotatable bonds is 8. The third-order valence-corrected chi connectivity index (χ3v) is 7.36. The standard InChI is InChI=1S/C24H19N3O4S3/c1-2-3-4-8-11-17-12-13-18(32-17)21-23(31-16-9-6-5-7-10-16)34-24(25-21)26-22(28)19-14-15-20(33-19)27(29)30/h5-7,9-10,12-15H,2-4H2,1H3,(H,25,26,28). The number of carbonyl (C=O) groups excluding carboxylic acids is 1. The molecule has 4 aromatic rings. The Bertz CT molecular complexity index is 1360. The Balaban J connectivity index is 1.60. The number of hydrogen-bond acceptors (Lipinski definition) is 8. The average molecular weight is 510 g/mol. The number of amides is 1. The molecule has 0 aliphatic heterocycles. The van der Waals surface area contributed by atoms with Crippen LogP contribution in [0.5, 0.6) is 10.8 Å². The van der Waals surface area contributed by atoms with Gasteiger partial charge in [-0.25, -0.2) is 4.98 Å². The van der Waals surface area contributed by atoms with Gasteiger partial charge in [-0.1, -0.05) is 66.1 Å². The van der Waals surface area contributed by atoms with Crippen LogP contribution in [0.3, 0.4) is 0 Å². The molecule has 3 aromatic heterocycles. The minimum absolute atomic E-state index is 0.0933. The number of benzene rings is 1. The molecule has 1 N–H and O–H groups in total. The lowest BCUT2D eigenvalue weighted by Crippen LogP contribution is -2.09. The molecule has 34 heavy (non-hydrogen) atoms. The largest absolute Gasteiger partial charge is 0.444 e. The van der Waals surface area contributed by atoms with Crippen LogP contribution >= 0.6 is 34.0 Å². The first-order valence-electron chi connectivity index (χ1n) is 10.4. The van der Waals surface area contributed by atoms with Crippen molar-refractivity contribution in [2.45, 2.75) is 26.2 Å². The summed E-state index contributed by atoms with van der Waals surface area (Å²) in [6.45, 7) is 2.14. The first-order chi connectivity index (χ1) is 16.5. The molecule has 3 heterocycles. The molecule has 7 nitrogen and oxygen atoms in total. The molecule has 4 rings (SSSR count). The van der Waals surface area contributed by atoms with Gasteiger partial charge in [-0.2, -0.15) is 0 Å². The molecule has 0 spiro atoms. The topological polar surface area (TPSA) is 94.4 Å². The molecule has 0 radical (unpaired) electrons. The van der Waals surface area contributed by atoms with Gasteiger partial charge in [-0.05, 0) is 36.8 Å². The lowest BCUT2D eigenvalue weighted by molar-refractivity contribution is -0.380. The van der Waals surface area contributed by atoms with E-state index < -0.39 is 10.8 Å². The number of hydrogen-bond donors (Lipinski definition) is 1. The van der Waals surface area contributed by atoms with Crippen LogP contribution in [0.1, 0.15) is 40.7 Å². The third kappa shape index (κ3) is 5.88. The van der Waals surface area contributed by atoms with E-state index in [2.05, 4.69) is 29.1 Å². The highest BCUT2D eigenvalue weighted by Gasteiger charge is 2.21. The Hall–Kier alpha value is -3.52. The Kier molecular flexibility index (Phi) is 7.69. The Morgan fingerprint density at radius 2 is 1.94 bits per heavy atom. The number of nitrogens with one attached hydrogen (secondary N) is 1. The summed E-state index contributed by atoms with van der Waals surface area (Å²) in [6, 6.07) is 16.0. The quantitative estimate of drug-likeness (QED) is 0.115. The second-order valence-electron chi connectivity index (χ2n) is 6.99. The monoisotopic (exact) mass is 509 g/mol. The van der Waals surface area contributed by atoms with Gasteiger partial charge in [0.2, 0.25) is 5.06 Å². The summed E-state index contributed by atoms with van der Waals surface area (Å²) in [5.74, 6) is 6.57. The highest BCUT2D eigenvalue weighted by molar-refractivity contribution is 7.20. The summed E-state index contributed by atoms with van der Waals surface area (Å²) in [5.41, 5.74) is 0.605. The van der Waals surface area contributed by atoms with Crippen molar-refractivity contribution < 1.29 is 14.5 Å². The zero-order chi connectivity index (χ0) is 23.9. The maximum Gasteiger partial charge on any atom is 0.324 e. The van der Waals surface area contributed by atoms with E-state index in [4.69, 9.17) is 4.74 Å². The van der Waals surface area contributed by atoms with E-state index in [0.29, 0.717) is 21.6 Å². The van der Waals surface area contributed by atoms with Crippen molar-refractivity contribution >= 4 is 50.1 Å². The zero-order valence-corrected chi connectivity index (χ0v) is 20.5. The van der Waals surface area contributed by atoms with Gasteiger partial charge in [0.15, 0.2) is 5.13 Å². The van der Waals surface area contributed by atoms with Crippen LogP contribution in [0, 0.1) is 22.0 Å². The Labute approximate surface area is 208 Å². The maximum absolute atomic E-state index is 12.6. The van der Waals surface area contributed by atoms with E-state index in [1.165, 1.54) is 34.8 Å². The number of nitro groups is 1. The highest BCUT2D eigenvalue weighted by Crippen LogP contribution is 2.43. The minimum Gasteiger partial charge on any atom is -0.444 e. The molecule has 172 valence electrons. The second-order valence-corrected chi connectivity index (χ2v) is 10.1. The van der Waals surface area contributed by atoms with Crippen LogP contribution in [-0.2, 0) is 0 Å². The van der Waals surface area contributed by atoms with E-state index >= 15 is 0 Å². The number of anilines is 1. The molecule has 0 fully saturated rings. The number of nitrogens with zero attached hydrogens (tertiary/aromatic N) is 2. The molecule has 0 unspecified atom stereocenters. The van der Waals surface area contributed by atoms with E-state index in [0.717, 1.165) is 40.4 Å². The predicted octanol–water partition coefficient (Wildman–Crippen LogP) is 7.43. The fourth-order valence-corrected chi connectivity index (χ4v) is 5.33. The summed E-state index contributed by atoms with van der Waals surface area (Å²) in [5, 5.41) is 14.4. The number of thiazole rings is 1. The van der Waals surface area contributed by atoms with Crippen LogP contribution in [0.15, 0.2) is 54.6 Å². The third-order valence-electron chi connectivity index (χ3n) is 4.47. The predicted molar refractivity (Wildman–Crippen MR) is 137 cm³/mol. The van der Waals surface area contributed by atoms with Crippen LogP contribution in [0.25, 0.3) is 10.6 Å². The number of ether oxygens (including phenoxy) is 1. The van der Waals surface area contributed by atoms with Crippen molar-refractivity contribution in [3.8, 4) is 33.2 Å². The normalized spacial score (nSPS) is 10.4. The van der Waals surface area contributed by atoms with Gasteiger partial charge in [0.05, 0.1) is 19.6 Å². The van der Waals surface area contributed by atoms with E-state index in [9.17, 15) is 14.9 Å². The first-order valence-corrected chi connectivity index (χ1v) is 12.9. The van der Waals surface area contributed by atoms with E-state index in [1.807, 2.05) is 42.5 Å². The molecule has 0 saturated heterocycles. The number of aromatic nitrogens is 1. The van der Waals surface area contributed by atoms with Crippen molar-refractivity contribution in [2.75, 3.05) is 5.32 Å². The first kappa shape index (κ1) is 23.6. The molecule has 0 bridgehead atoms. The van der Waals surface area contributed by atoms with Gasteiger partial charge in [0.25, 0.3) is 5.91 Å².